The molecule has 1 N–H and O–H groups in total. The van der Waals surface area contributed by atoms with Crippen LogP contribution in [0.1, 0.15) is 19.8 Å². The van der Waals surface area contributed by atoms with E-state index >= 15 is 0 Å². The van der Waals surface area contributed by atoms with Crippen LogP contribution in [0.5, 0.6) is 0 Å². The zero-order valence-corrected chi connectivity index (χ0v) is 7.12. The maximum Gasteiger partial charge on any atom is 0.187 e. The average molecular weight is 160 g/mol. The summed E-state index contributed by atoms with van der Waals surface area (Å²) in [6, 6.07) is 0. The van der Waals surface area contributed by atoms with Gasteiger partial charge in [0.1, 0.15) is 0 Å². The molecule has 1 unspecified atom stereocenters. The largest absolute Gasteiger partial charge is 0.475 e. The maximum atomic E-state index is 9.14. The highest BCUT2D eigenvalue weighted by Gasteiger charge is 1.94. The highest BCUT2D eigenvalue weighted by Crippen LogP contribution is 1.97. The van der Waals surface area contributed by atoms with Crippen LogP contribution >= 0.6 is 0 Å². The number of hydrogen-bond donors (Lipinski definition) is 1. The van der Waals surface area contributed by atoms with Crippen molar-refractivity contribution in [2.75, 3.05) is 13.9 Å². The lowest BCUT2D eigenvalue weighted by Crippen LogP contribution is -2.01. The van der Waals surface area contributed by atoms with Gasteiger partial charge < -0.3 is 14.6 Å². The van der Waals surface area contributed by atoms with Gasteiger partial charge in [0.05, 0.1) is 12.4 Å². The molecule has 0 aliphatic carbocycles. The van der Waals surface area contributed by atoms with E-state index in [4.69, 9.17) is 9.84 Å². The number of ether oxygens (including phenoxy) is 2. The number of hydrogen-bond acceptors (Lipinski definition) is 3. The molecule has 0 aromatic heterocycles. The van der Waals surface area contributed by atoms with E-state index in [2.05, 4.69) is 4.74 Å². The zero-order chi connectivity index (χ0) is 8.53. The monoisotopic (exact) mass is 160 g/mol. The van der Waals surface area contributed by atoms with Crippen molar-refractivity contribution in [3.8, 4) is 0 Å². The normalized spacial score (nSPS) is 13.7. The summed E-state index contributed by atoms with van der Waals surface area (Å²) in [6.07, 6.45) is 4.42. The lowest BCUT2D eigenvalue weighted by Gasteiger charge is -2.01. The molecule has 0 heterocycles. The minimum atomic E-state index is -0.392. The van der Waals surface area contributed by atoms with Crippen molar-refractivity contribution in [2.24, 2.45) is 0 Å². The highest BCUT2D eigenvalue weighted by atomic mass is 16.7. The van der Waals surface area contributed by atoms with Crippen LogP contribution in [0.15, 0.2) is 12.3 Å². The summed E-state index contributed by atoms with van der Waals surface area (Å²) >= 11 is 0. The SMILES string of the molecule is CCCC(O)/C=C/OCOC. The van der Waals surface area contributed by atoms with Crippen molar-refractivity contribution in [3.05, 3.63) is 12.3 Å². The van der Waals surface area contributed by atoms with Crippen LogP contribution in [0, 0.1) is 0 Å². The third-order valence-corrected chi connectivity index (χ3v) is 1.17. The van der Waals surface area contributed by atoms with Crippen LogP contribution < -0.4 is 0 Å². The molecule has 0 spiro atoms. The summed E-state index contributed by atoms with van der Waals surface area (Å²) < 4.78 is 9.47. The fourth-order valence-corrected chi connectivity index (χ4v) is 0.646. The predicted molar refractivity (Wildman–Crippen MR) is 43.0 cm³/mol. The van der Waals surface area contributed by atoms with Crippen molar-refractivity contribution in [1.29, 1.82) is 0 Å². The Kier molecular flexibility index (Phi) is 7.19. The van der Waals surface area contributed by atoms with Gasteiger partial charge in [0, 0.05) is 7.11 Å². The van der Waals surface area contributed by atoms with Gasteiger partial charge in [-0.3, -0.25) is 0 Å². The predicted octanol–water partition coefficient (Wildman–Crippen LogP) is 1.28. The van der Waals surface area contributed by atoms with Crippen molar-refractivity contribution in [3.63, 3.8) is 0 Å². The Morgan fingerprint density at radius 2 is 2.27 bits per heavy atom. The number of methoxy groups -OCH3 is 1. The fraction of sp³-hybridized carbons (Fsp3) is 0.750. The minimum absolute atomic E-state index is 0.231. The summed E-state index contributed by atoms with van der Waals surface area (Å²) in [5.74, 6) is 0. The second-order valence-corrected chi connectivity index (χ2v) is 2.26. The average Bonchev–Trinajstić information content (AvgIpc) is 1.99. The lowest BCUT2D eigenvalue weighted by molar-refractivity contribution is 0.0186. The molecule has 3 nitrogen and oxygen atoms in total. The molecule has 66 valence electrons. The van der Waals surface area contributed by atoms with Crippen molar-refractivity contribution < 1.29 is 14.6 Å². The van der Waals surface area contributed by atoms with Gasteiger partial charge in [-0.25, -0.2) is 0 Å². The summed E-state index contributed by atoms with van der Waals surface area (Å²) in [6.45, 7) is 2.25. The van der Waals surface area contributed by atoms with Crippen molar-refractivity contribution in [1.82, 2.24) is 0 Å². The van der Waals surface area contributed by atoms with Crippen molar-refractivity contribution >= 4 is 0 Å². The van der Waals surface area contributed by atoms with Gasteiger partial charge in [-0.15, -0.1) is 0 Å². The van der Waals surface area contributed by atoms with Crippen LogP contribution in [0.25, 0.3) is 0 Å². The van der Waals surface area contributed by atoms with Crippen LogP contribution in [0.2, 0.25) is 0 Å². The Bertz CT molecular complexity index is 102. The van der Waals surface area contributed by atoms with Gasteiger partial charge in [-0.1, -0.05) is 13.3 Å². The summed E-state index contributed by atoms with van der Waals surface area (Å²) in [5, 5.41) is 9.14. The molecular weight excluding hydrogens is 144 g/mol. The topological polar surface area (TPSA) is 38.7 Å². The molecule has 0 bridgehead atoms. The smallest absolute Gasteiger partial charge is 0.187 e. The Morgan fingerprint density at radius 1 is 1.55 bits per heavy atom. The van der Waals surface area contributed by atoms with Crippen LogP contribution in [0.3, 0.4) is 0 Å². The van der Waals surface area contributed by atoms with E-state index in [9.17, 15) is 0 Å². The molecule has 0 fully saturated rings. The van der Waals surface area contributed by atoms with E-state index in [1.54, 1.807) is 13.2 Å². The molecule has 3 heteroatoms. The molecule has 0 radical (unpaired) electrons. The second-order valence-electron chi connectivity index (χ2n) is 2.26. The third-order valence-electron chi connectivity index (χ3n) is 1.17. The molecule has 11 heavy (non-hydrogen) atoms. The number of rotatable bonds is 6. The molecule has 0 aromatic rings. The first-order chi connectivity index (χ1) is 5.31. The summed E-state index contributed by atoms with van der Waals surface area (Å²) in [4.78, 5) is 0. The summed E-state index contributed by atoms with van der Waals surface area (Å²) in [7, 11) is 1.55. The highest BCUT2D eigenvalue weighted by molar-refractivity contribution is 4.81. The standard InChI is InChI=1S/C8H16O3/c1-3-4-8(9)5-6-11-7-10-2/h5-6,8-9H,3-4,7H2,1-2H3/b6-5+. The first-order valence-corrected chi connectivity index (χ1v) is 3.76. The first-order valence-electron chi connectivity index (χ1n) is 3.76. The molecule has 0 saturated carbocycles. The molecule has 0 saturated heterocycles. The third kappa shape index (κ3) is 7.36. The number of aliphatic hydroxyl groups is 1. The second kappa shape index (κ2) is 7.57. The van der Waals surface area contributed by atoms with E-state index in [1.165, 1.54) is 6.26 Å². The van der Waals surface area contributed by atoms with Gasteiger partial charge >= 0.3 is 0 Å². The van der Waals surface area contributed by atoms with Gasteiger partial charge in [-0.05, 0) is 12.5 Å². The van der Waals surface area contributed by atoms with Crippen LogP contribution in [0.4, 0.5) is 0 Å². The molecule has 0 aromatic carbocycles. The molecular formula is C8H16O3. The maximum absolute atomic E-state index is 9.14. The molecule has 0 rings (SSSR count). The van der Waals surface area contributed by atoms with E-state index < -0.39 is 6.10 Å². The molecule has 0 amide bonds. The van der Waals surface area contributed by atoms with E-state index in [-0.39, 0.29) is 6.79 Å². The molecule has 0 aliphatic heterocycles. The number of aliphatic hydroxyl groups excluding tert-OH is 1. The van der Waals surface area contributed by atoms with Gasteiger partial charge in [0.2, 0.25) is 0 Å². The Balaban J connectivity index is 3.24. The fourth-order valence-electron chi connectivity index (χ4n) is 0.646. The minimum Gasteiger partial charge on any atom is -0.475 e. The van der Waals surface area contributed by atoms with Crippen LogP contribution in [-0.4, -0.2) is 25.1 Å². The summed E-state index contributed by atoms with van der Waals surface area (Å²) in [5.41, 5.74) is 0. The van der Waals surface area contributed by atoms with E-state index in [1.807, 2.05) is 6.92 Å². The quantitative estimate of drug-likeness (QED) is 0.361. The zero-order valence-electron chi connectivity index (χ0n) is 7.12. The molecule has 0 aliphatic rings. The Hall–Kier alpha value is -0.540. The van der Waals surface area contributed by atoms with E-state index in [0.717, 1.165) is 12.8 Å². The van der Waals surface area contributed by atoms with Gasteiger partial charge in [0.15, 0.2) is 6.79 Å². The van der Waals surface area contributed by atoms with E-state index in [0.29, 0.717) is 0 Å². The Morgan fingerprint density at radius 3 is 2.82 bits per heavy atom. The molecule has 1 atom stereocenters. The van der Waals surface area contributed by atoms with Gasteiger partial charge in [0.25, 0.3) is 0 Å². The first kappa shape index (κ1) is 10.5. The lowest BCUT2D eigenvalue weighted by atomic mass is 10.2. The van der Waals surface area contributed by atoms with Crippen molar-refractivity contribution in [2.45, 2.75) is 25.9 Å². The van der Waals surface area contributed by atoms with Crippen LogP contribution in [-0.2, 0) is 9.47 Å². The van der Waals surface area contributed by atoms with Gasteiger partial charge in [-0.2, -0.15) is 0 Å². The Labute approximate surface area is 67.6 Å².